The van der Waals surface area contributed by atoms with Crippen LogP contribution in [0.4, 0.5) is 0 Å². The van der Waals surface area contributed by atoms with Gasteiger partial charge in [-0.3, -0.25) is 4.79 Å². The van der Waals surface area contributed by atoms with Crippen LogP contribution in [0, 0.1) is 11.8 Å². The Morgan fingerprint density at radius 2 is 1.91 bits per heavy atom. The molecule has 4 unspecified atom stereocenters. The average molecular weight is 469 g/mol. The summed E-state index contributed by atoms with van der Waals surface area (Å²) in [5, 5.41) is 0.709. The number of hydrogen-bond acceptors (Lipinski definition) is 5. The minimum absolute atomic E-state index is 0.0519. The van der Waals surface area contributed by atoms with Crippen molar-refractivity contribution >= 4 is 23.0 Å². The third kappa shape index (κ3) is 4.75. The lowest BCUT2D eigenvalue weighted by atomic mass is 9.72. The van der Waals surface area contributed by atoms with E-state index in [1.54, 1.807) is 6.26 Å². The Balaban J connectivity index is 1.31. The van der Waals surface area contributed by atoms with Gasteiger partial charge in [0.15, 0.2) is 17.3 Å². The monoisotopic (exact) mass is 468 g/mol. The lowest BCUT2D eigenvalue weighted by molar-refractivity contribution is -0.133. The molecule has 33 heavy (non-hydrogen) atoms. The second kappa shape index (κ2) is 9.78. The number of carbonyl (C=O) groups is 1. The molecule has 0 amide bonds. The molecule has 6 heteroatoms. The number of allylic oxidation sites excluding steroid dienone is 1. The first kappa shape index (κ1) is 22.3. The second-order valence-electron chi connectivity index (χ2n) is 9.01. The molecule has 0 N–H and O–H groups in total. The van der Waals surface area contributed by atoms with E-state index in [4.69, 9.17) is 30.5 Å². The van der Waals surface area contributed by atoms with E-state index in [1.165, 1.54) is 0 Å². The number of Topliss-reactive ketones (excluding diaryl/α,β-unsaturated/α-hetero) is 1. The van der Waals surface area contributed by atoms with Gasteiger partial charge in [0.2, 0.25) is 0 Å². The summed E-state index contributed by atoms with van der Waals surface area (Å²) in [6, 6.07) is 13.4. The summed E-state index contributed by atoms with van der Waals surface area (Å²) in [4.78, 5) is 13.5. The summed E-state index contributed by atoms with van der Waals surface area (Å²) < 4.78 is 24.0. The van der Waals surface area contributed by atoms with Crippen molar-refractivity contribution in [2.75, 3.05) is 13.2 Å². The van der Waals surface area contributed by atoms with E-state index in [9.17, 15) is 4.79 Å². The van der Waals surface area contributed by atoms with Gasteiger partial charge in [0, 0.05) is 17.9 Å². The minimum atomic E-state index is -0.158. The topological polar surface area (TPSA) is 54.0 Å². The third-order valence-electron chi connectivity index (χ3n) is 6.89. The fraction of sp³-hybridized carbons (Fsp3) is 0.444. The number of benzene rings is 2. The van der Waals surface area contributed by atoms with Gasteiger partial charge in [-0.05, 0) is 47.7 Å². The Kier molecular flexibility index (Phi) is 6.61. The molecule has 3 aliphatic rings. The lowest BCUT2D eigenvalue weighted by Crippen LogP contribution is -2.45. The van der Waals surface area contributed by atoms with Crippen LogP contribution >= 0.6 is 11.6 Å². The summed E-state index contributed by atoms with van der Waals surface area (Å²) in [6.45, 7) is 3.92. The van der Waals surface area contributed by atoms with Crippen LogP contribution in [0.25, 0.3) is 5.57 Å². The largest absolute Gasteiger partial charge is 0.496 e. The van der Waals surface area contributed by atoms with Crippen LogP contribution in [0.15, 0.2) is 48.7 Å². The van der Waals surface area contributed by atoms with Gasteiger partial charge in [-0.25, -0.2) is 0 Å². The van der Waals surface area contributed by atoms with E-state index in [2.05, 4.69) is 6.92 Å². The van der Waals surface area contributed by atoms with Crippen LogP contribution in [0.3, 0.4) is 0 Å². The fourth-order valence-corrected chi connectivity index (χ4v) is 5.27. The maximum atomic E-state index is 13.5. The summed E-state index contributed by atoms with van der Waals surface area (Å²) >= 11 is 6.11. The number of hydrogen-bond donors (Lipinski definition) is 0. The summed E-state index contributed by atoms with van der Waals surface area (Å²) in [7, 11) is 0. The molecule has 1 fully saturated rings. The van der Waals surface area contributed by atoms with Crippen molar-refractivity contribution in [2.24, 2.45) is 11.8 Å². The van der Waals surface area contributed by atoms with E-state index in [0.29, 0.717) is 48.5 Å². The van der Waals surface area contributed by atoms with Gasteiger partial charge in [0.1, 0.15) is 6.10 Å². The molecule has 0 radical (unpaired) electrons. The molecule has 1 saturated carbocycles. The van der Waals surface area contributed by atoms with Crippen LogP contribution in [0.1, 0.15) is 43.7 Å². The lowest BCUT2D eigenvalue weighted by Gasteiger charge is -2.42. The van der Waals surface area contributed by atoms with Crippen molar-refractivity contribution in [3.8, 4) is 11.5 Å². The second-order valence-corrected chi connectivity index (χ2v) is 9.44. The smallest absolute Gasteiger partial charge is 0.173 e. The highest BCUT2D eigenvalue weighted by atomic mass is 35.5. The number of ketones is 1. The van der Waals surface area contributed by atoms with Crippen LogP contribution in [-0.4, -0.2) is 31.2 Å². The molecule has 4 atom stereocenters. The first-order valence-corrected chi connectivity index (χ1v) is 12.2. The Morgan fingerprint density at radius 1 is 1.06 bits per heavy atom. The van der Waals surface area contributed by atoms with Crippen LogP contribution in [-0.2, 0) is 20.9 Å². The number of rotatable bonds is 5. The maximum absolute atomic E-state index is 13.5. The van der Waals surface area contributed by atoms with Gasteiger partial charge in [0.05, 0.1) is 43.7 Å². The van der Waals surface area contributed by atoms with Crippen LogP contribution < -0.4 is 9.47 Å². The van der Waals surface area contributed by atoms with Gasteiger partial charge in [-0.15, -0.1) is 0 Å². The Morgan fingerprint density at radius 3 is 2.73 bits per heavy atom. The molecule has 0 spiro atoms. The van der Waals surface area contributed by atoms with Crippen molar-refractivity contribution in [1.29, 1.82) is 0 Å². The van der Waals surface area contributed by atoms with Crippen molar-refractivity contribution < 1.29 is 23.7 Å². The van der Waals surface area contributed by atoms with E-state index < -0.39 is 0 Å². The van der Waals surface area contributed by atoms with Crippen LogP contribution in [0.5, 0.6) is 11.5 Å². The molecule has 5 rings (SSSR count). The van der Waals surface area contributed by atoms with E-state index in [-0.39, 0.29) is 23.9 Å². The SMILES string of the molecule is CCC1CC2C(=O)C(c3ccc4c(c3)OCCCO4)=COC2CC1OCc1cccc(Cl)c1. The Labute approximate surface area is 199 Å². The molecule has 5 nitrogen and oxygen atoms in total. The highest BCUT2D eigenvalue weighted by molar-refractivity contribution is 6.30. The highest BCUT2D eigenvalue weighted by Crippen LogP contribution is 2.42. The van der Waals surface area contributed by atoms with Crippen molar-refractivity contribution in [3.05, 3.63) is 64.9 Å². The number of halogens is 1. The minimum Gasteiger partial charge on any atom is -0.496 e. The summed E-state index contributed by atoms with van der Waals surface area (Å²) in [5.41, 5.74) is 2.48. The predicted octanol–water partition coefficient (Wildman–Crippen LogP) is 5.83. The molecule has 2 aliphatic heterocycles. The standard InChI is InChI=1S/C27H29ClO5/c1-2-18-12-21-25(14-24(18)32-15-17-5-3-6-20(28)11-17)33-16-22(27(21)29)19-7-8-23-26(13-19)31-10-4-9-30-23/h3,5-8,11,13,16,18,21,24-25H,2,4,9-10,12,14-15H2,1H3. The zero-order valence-corrected chi connectivity index (χ0v) is 19.6. The normalized spacial score (nSPS) is 26.6. The van der Waals surface area contributed by atoms with Gasteiger partial charge in [0.25, 0.3) is 0 Å². The van der Waals surface area contributed by atoms with E-state index >= 15 is 0 Å². The zero-order valence-electron chi connectivity index (χ0n) is 18.8. The third-order valence-corrected chi connectivity index (χ3v) is 7.13. The van der Waals surface area contributed by atoms with Crippen molar-refractivity contribution in [1.82, 2.24) is 0 Å². The predicted molar refractivity (Wildman–Crippen MR) is 126 cm³/mol. The maximum Gasteiger partial charge on any atom is 0.173 e. The first-order valence-electron chi connectivity index (χ1n) is 11.8. The molecule has 2 aromatic rings. The van der Waals surface area contributed by atoms with Gasteiger partial charge in [-0.1, -0.05) is 43.1 Å². The van der Waals surface area contributed by atoms with Gasteiger partial charge < -0.3 is 18.9 Å². The molecular weight excluding hydrogens is 440 g/mol. The molecule has 0 aromatic heterocycles. The number of carbonyl (C=O) groups excluding carboxylic acids is 1. The summed E-state index contributed by atoms with van der Waals surface area (Å²) in [6.07, 6.45) is 4.80. The molecule has 2 aromatic carbocycles. The number of ether oxygens (including phenoxy) is 4. The highest BCUT2D eigenvalue weighted by Gasteiger charge is 2.44. The van der Waals surface area contributed by atoms with Crippen molar-refractivity contribution in [3.63, 3.8) is 0 Å². The van der Waals surface area contributed by atoms with Crippen molar-refractivity contribution in [2.45, 2.75) is 51.4 Å². The Hall–Kier alpha value is -2.50. The fourth-order valence-electron chi connectivity index (χ4n) is 5.06. The molecule has 1 aliphatic carbocycles. The van der Waals surface area contributed by atoms with Gasteiger partial charge in [-0.2, -0.15) is 0 Å². The molecule has 0 saturated heterocycles. The summed E-state index contributed by atoms with van der Waals surface area (Å²) in [5.74, 6) is 1.71. The van der Waals surface area contributed by atoms with E-state index in [1.807, 2.05) is 42.5 Å². The molecule has 174 valence electrons. The van der Waals surface area contributed by atoms with Gasteiger partial charge >= 0.3 is 0 Å². The molecule has 2 heterocycles. The number of fused-ring (bicyclic) bond motifs is 2. The Bertz CT molecular complexity index is 1050. The quantitative estimate of drug-likeness (QED) is 0.552. The average Bonchev–Trinajstić information content (AvgIpc) is 3.07. The zero-order chi connectivity index (χ0) is 22.8. The van der Waals surface area contributed by atoms with E-state index in [0.717, 1.165) is 36.1 Å². The molecule has 0 bridgehead atoms. The van der Waals surface area contributed by atoms with Crippen LogP contribution in [0.2, 0.25) is 5.02 Å². The first-order chi connectivity index (χ1) is 16.1. The molecular formula is C27H29ClO5.